The molecule has 1 fully saturated rings. The van der Waals surface area contributed by atoms with Gasteiger partial charge in [-0.3, -0.25) is 4.98 Å². The second-order valence-corrected chi connectivity index (χ2v) is 7.85. The van der Waals surface area contributed by atoms with E-state index in [0.717, 1.165) is 0 Å². The number of hydrogen-bond acceptors (Lipinski definition) is 5. The molecule has 0 bridgehead atoms. The maximum absolute atomic E-state index is 11.2. The number of hydrogen-bond donors (Lipinski definition) is 2. The Morgan fingerprint density at radius 3 is 2.63 bits per heavy atom. The van der Waals surface area contributed by atoms with E-state index in [4.69, 9.17) is 25.5 Å². The third-order valence-electron chi connectivity index (χ3n) is 5.32. The summed E-state index contributed by atoms with van der Waals surface area (Å²) in [6.45, 7) is 0.931. The van der Waals surface area contributed by atoms with Crippen molar-refractivity contribution in [2.45, 2.75) is 38.0 Å². The zero-order chi connectivity index (χ0) is 20.9. The number of nitrogens with one attached hydrogen (secondary N) is 1. The smallest absolute Gasteiger partial charge is 0.419 e. The van der Waals surface area contributed by atoms with Gasteiger partial charge in [0.2, 0.25) is 5.88 Å². The van der Waals surface area contributed by atoms with Crippen LogP contribution >= 0.6 is 11.6 Å². The molecule has 2 N–H and O–H groups in total. The van der Waals surface area contributed by atoms with Gasteiger partial charge in [0.1, 0.15) is 11.5 Å². The Kier molecular flexibility index (Phi) is 6.33. The lowest BCUT2D eigenvalue weighted by Gasteiger charge is -2.13. The van der Waals surface area contributed by atoms with E-state index in [1.807, 2.05) is 12.1 Å². The fourth-order valence-corrected chi connectivity index (χ4v) is 4.06. The molecular weight excluding hydrogens is 406 g/mol. The Bertz CT molecular complexity index is 1050. The summed E-state index contributed by atoms with van der Waals surface area (Å²) >= 11 is 6.40. The van der Waals surface area contributed by atoms with Crippen molar-refractivity contribution in [1.82, 2.24) is 4.98 Å². The summed E-state index contributed by atoms with van der Waals surface area (Å²) in [7, 11) is 0. The lowest BCUT2D eigenvalue weighted by atomic mass is 9.98. The maximum atomic E-state index is 11.2. The van der Waals surface area contributed by atoms with Crippen LogP contribution in [0, 0.1) is 0 Å². The predicted molar refractivity (Wildman–Crippen MR) is 115 cm³/mol. The van der Waals surface area contributed by atoms with E-state index in [0.29, 0.717) is 47.6 Å². The van der Waals surface area contributed by atoms with Crippen molar-refractivity contribution >= 4 is 11.6 Å². The summed E-state index contributed by atoms with van der Waals surface area (Å²) in [4.78, 5) is 13.4. The number of aromatic nitrogens is 1. The van der Waals surface area contributed by atoms with Crippen molar-refractivity contribution in [3.05, 3.63) is 63.6 Å². The van der Waals surface area contributed by atoms with Crippen LogP contribution in [0.2, 0.25) is 5.02 Å². The summed E-state index contributed by atoms with van der Waals surface area (Å²) in [5, 5.41) is 10.4. The van der Waals surface area contributed by atoms with Gasteiger partial charge >= 0.3 is 5.76 Å². The van der Waals surface area contributed by atoms with E-state index in [1.165, 1.54) is 31.2 Å². The molecule has 7 heteroatoms. The van der Waals surface area contributed by atoms with Crippen LogP contribution in [0.25, 0.3) is 11.3 Å². The minimum Gasteiger partial charge on any atom is -0.493 e. The highest BCUT2D eigenvalue weighted by molar-refractivity contribution is 6.32. The van der Waals surface area contributed by atoms with Gasteiger partial charge in [-0.2, -0.15) is 0 Å². The zero-order valence-electron chi connectivity index (χ0n) is 16.5. The SMILES string of the molecule is O=c1[nH]c(O)c(-c2cccc(OCCCOc3ccc(C4CCCC4)cc3Cl)c2)o1. The summed E-state index contributed by atoms with van der Waals surface area (Å²) in [6, 6.07) is 13.1. The molecule has 6 nitrogen and oxygen atoms in total. The van der Waals surface area contributed by atoms with E-state index < -0.39 is 5.76 Å². The molecule has 0 amide bonds. The average Bonchev–Trinajstić information content (AvgIpc) is 3.38. The molecule has 0 saturated heterocycles. The van der Waals surface area contributed by atoms with Crippen molar-refractivity contribution in [2.75, 3.05) is 13.2 Å². The maximum Gasteiger partial charge on any atom is 0.419 e. The van der Waals surface area contributed by atoms with Crippen LogP contribution in [0.5, 0.6) is 17.4 Å². The number of aromatic amines is 1. The number of oxazole rings is 1. The highest BCUT2D eigenvalue weighted by Crippen LogP contribution is 2.37. The molecule has 1 aromatic heterocycles. The lowest BCUT2D eigenvalue weighted by molar-refractivity contribution is 0.247. The number of ether oxygens (including phenoxy) is 2. The van der Waals surface area contributed by atoms with Crippen LogP contribution in [-0.4, -0.2) is 23.3 Å². The van der Waals surface area contributed by atoms with Gasteiger partial charge in [-0.1, -0.05) is 42.6 Å². The number of benzene rings is 2. The van der Waals surface area contributed by atoms with Crippen molar-refractivity contribution in [3.8, 4) is 28.7 Å². The Hall–Kier alpha value is -2.86. The van der Waals surface area contributed by atoms with Gasteiger partial charge < -0.3 is 19.0 Å². The van der Waals surface area contributed by atoms with Crippen LogP contribution in [0.3, 0.4) is 0 Å². The molecule has 1 aliphatic rings. The van der Waals surface area contributed by atoms with Crippen LogP contribution in [0.15, 0.2) is 51.7 Å². The fourth-order valence-electron chi connectivity index (χ4n) is 3.82. The Balaban J connectivity index is 1.26. The van der Waals surface area contributed by atoms with Crippen molar-refractivity contribution < 1.29 is 19.0 Å². The van der Waals surface area contributed by atoms with E-state index >= 15 is 0 Å². The molecule has 158 valence electrons. The summed E-state index contributed by atoms with van der Waals surface area (Å²) in [6.07, 6.45) is 5.75. The number of halogens is 1. The lowest BCUT2D eigenvalue weighted by Crippen LogP contribution is -2.05. The fraction of sp³-hybridized carbons (Fsp3) is 0.348. The Labute approximate surface area is 179 Å². The molecule has 0 unspecified atom stereocenters. The molecule has 0 radical (unpaired) electrons. The molecular formula is C23H24ClNO5. The van der Waals surface area contributed by atoms with Crippen molar-refractivity contribution in [2.24, 2.45) is 0 Å². The third-order valence-corrected chi connectivity index (χ3v) is 5.62. The highest BCUT2D eigenvalue weighted by atomic mass is 35.5. The third kappa shape index (κ3) is 4.82. The quantitative estimate of drug-likeness (QED) is 0.462. The molecule has 30 heavy (non-hydrogen) atoms. The van der Waals surface area contributed by atoms with Gasteiger partial charge in [0.15, 0.2) is 5.76 Å². The average molecular weight is 430 g/mol. The van der Waals surface area contributed by atoms with Gasteiger partial charge in [-0.25, -0.2) is 4.79 Å². The minimum absolute atomic E-state index is 0.0875. The summed E-state index contributed by atoms with van der Waals surface area (Å²) < 4.78 is 16.5. The second-order valence-electron chi connectivity index (χ2n) is 7.44. The molecule has 1 saturated carbocycles. The largest absolute Gasteiger partial charge is 0.493 e. The topological polar surface area (TPSA) is 84.7 Å². The summed E-state index contributed by atoms with van der Waals surface area (Å²) in [5.41, 5.74) is 1.85. The van der Waals surface area contributed by atoms with Crippen LogP contribution in [0.4, 0.5) is 0 Å². The molecule has 0 spiro atoms. The summed E-state index contributed by atoms with van der Waals surface area (Å²) in [5.74, 6) is 1.00. The van der Waals surface area contributed by atoms with E-state index in [-0.39, 0.29) is 11.6 Å². The molecule has 1 aliphatic carbocycles. The normalized spacial score (nSPS) is 14.2. The first kappa shape index (κ1) is 20.4. The van der Waals surface area contributed by atoms with Gasteiger partial charge in [-0.15, -0.1) is 0 Å². The van der Waals surface area contributed by atoms with E-state index in [2.05, 4.69) is 11.1 Å². The molecule has 1 heterocycles. The Morgan fingerprint density at radius 2 is 1.90 bits per heavy atom. The first-order valence-corrected chi connectivity index (χ1v) is 10.6. The van der Waals surface area contributed by atoms with Crippen LogP contribution in [-0.2, 0) is 0 Å². The second kappa shape index (κ2) is 9.30. The Morgan fingerprint density at radius 1 is 1.10 bits per heavy atom. The molecule has 3 aromatic rings. The van der Waals surface area contributed by atoms with Crippen molar-refractivity contribution in [1.29, 1.82) is 0 Å². The minimum atomic E-state index is -0.707. The first-order chi connectivity index (χ1) is 14.6. The van der Waals surface area contributed by atoms with E-state index in [1.54, 1.807) is 24.3 Å². The van der Waals surface area contributed by atoms with Crippen LogP contribution < -0.4 is 15.2 Å². The van der Waals surface area contributed by atoms with Gasteiger partial charge in [-0.05, 0) is 48.6 Å². The van der Waals surface area contributed by atoms with E-state index in [9.17, 15) is 9.90 Å². The zero-order valence-corrected chi connectivity index (χ0v) is 17.3. The molecule has 4 rings (SSSR count). The van der Waals surface area contributed by atoms with Crippen LogP contribution in [0.1, 0.15) is 43.6 Å². The van der Waals surface area contributed by atoms with Gasteiger partial charge in [0.05, 0.1) is 18.2 Å². The van der Waals surface area contributed by atoms with Gasteiger partial charge in [0.25, 0.3) is 0 Å². The first-order valence-electron chi connectivity index (χ1n) is 10.2. The monoisotopic (exact) mass is 429 g/mol. The number of rotatable bonds is 8. The standard InChI is InChI=1S/C23H24ClNO5/c24-19-14-16(15-5-1-2-6-15)9-10-20(19)29-12-4-11-28-18-8-3-7-17(13-18)21-22(26)25-23(27)30-21/h3,7-10,13-15,26H,1-2,4-6,11-12H2,(H,25,27). The predicted octanol–water partition coefficient (Wildman–Crippen LogP) is 5.50. The molecule has 2 aromatic carbocycles. The number of H-pyrrole nitrogens is 1. The van der Waals surface area contributed by atoms with Crippen molar-refractivity contribution in [3.63, 3.8) is 0 Å². The molecule has 0 aliphatic heterocycles. The number of aromatic hydroxyl groups is 1. The highest BCUT2D eigenvalue weighted by Gasteiger charge is 2.18. The van der Waals surface area contributed by atoms with Gasteiger partial charge in [0, 0.05) is 12.0 Å². The molecule has 0 atom stereocenters.